The highest BCUT2D eigenvalue weighted by atomic mass is 28.4. The first-order chi connectivity index (χ1) is 7.54. The maximum atomic E-state index is 6.33. The van der Waals surface area contributed by atoms with Gasteiger partial charge in [0.1, 0.15) is 0 Å². The molecule has 0 rings (SSSR count). The van der Waals surface area contributed by atoms with Crippen molar-refractivity contribution in [2.75, 3.05) is 13.7 Å². The van der Waals surface area contributed by atoms with Gasteiger partial charge < -0.3 is 8.85 Å². The minimum absolute atomic E-state index is 0.0778. The van der Waals surface area contributed by atoms with Crippen LogP contribution in [0.4, 0.5) is 0 Å². The van der Waals surface area contributed by atoms with E-state index in [1.54, 1.807) is 0 Å². The quantitative estimate of drug-likeness (QED) is 0.697. The summed E-state index contributed by atoms with van der Waals surface area (Å²) in [6.07, 6.45) is 0. The molecule has 0 aliphatic rings. The van der Waals surface area contributed by atoms with Crippen LogP contribution >= 0.6 is 0 Å². The average Bonchev–Trinajstić information content (AvgIpc) is 2.15. The van der Waals surface area contributed by atoms with Crippen LogP contribution in [0.15, 0.2) is 0 Å². The normalized spacial score (nSPS) is 18.5. The van der Waals surface area contributed by atoms with Gasteiger partial charge in [0.15, 0.2) is 0 Å². The minimum atomic E-state index is -2.25. The van der Waals surface area contributed by atoms with Crippen LogP contribution in [-0.4, -0.2) is 47.0 Å². The average molecular weight is 278 g/mol. The number of hydrogen-bond donors (Lipinski definition) is 0. The van der Waals surface area contributed by atoms with Gasteiger partial charge in [0.05, 0.1) is 8.80 Å². The summed E-state index contributed by atoms with van der Waals surface area (Å²) in [6.45, 7) is 18.4. The zero-order valence-electron chi connectivity index (χ0n) is 13.1. The molecule has 0 heterocycles. The van der Waals surface area contributed by atoms with Crippen molar-refractivity contribution in [3.8, 4) is 0 Å². The lowest BCUT2D eigenvalue weighted by molar-refractivity contribution is 0.0879. The van der Waals surface area contributed by atoms with Gasteiger partial charge in [-0.2, -0.15) is 0 Å². The first-order valence-corrected chi connectivity index (χ1v) is 11.8. The highest BCUT2D eigenvalue weighted by Crippen LogP contribution is 2.23. The van der Waals surface area contributed by atoms with E-state index in [0.29, 0.717) is 5.73 Å². The Bertz CT molecular complexity index is 231. The summed E-state index contributed by atoms with van der Waals surface area (Å²) in [5.74, 6) is 0. The van der Waals surface area contributed by atoms with E-state index in [1.807, 2.05) is 6.92 Å². The SMILES string of the molecule is CCO[Si](C)(OC(C)[SiH](C)C)N(C)C(C)(C)C. The zero-order valence-corrected chi connectivity index (χ0v) is 15.3. The minimum Gasteiger partial charge on any atom is -0.384 e. The maximum Gasteiger partial charge on any atom is 0.424 e. The van der Waals surface area contributed by atoms with Crippen molar-refractivity contribution < 1.29 is 8.85 Å². The second kappa shape index (κ2) is 6.47. The fourth-order valence-electron chi connectivity index (χ4n) is 1.57. The van der Waals surface area contributed by atoms with E-state index in [1.165, 1.54) is 0 Å². The number of rotatable bonds is 6. The van der Waals surface area contributed by atoms with Gasteiger partial charge in [-0.25, -0.2) is 0 Å². The van der Waals surface area contributed by atoms with Gasteiger partial charge in [0, 0.05) is 17.9 Å². The summed E-state index contributed by atoms with van der Waals surface area (Å²) in [7, 11) is -0.903. The molecule has 0 aromatic heterocycles. The Morgan fingerprint density at radius 3 is 2.06 bits per heavy atom. The second-order valence-electron chi connectivity index (χ2n) is 6.13. The largest absolute Gasteiger partial charge is 0.424 e. The smallest absolute Gasteiger partial charge is 0.384 e. The Kier molecular flexibility index (Phi) is 6.59. The molecular weight excluding hydrogens is 246 g/mol. The number of hydrogen-bond acceptors (Lipinski definition) is 3. The molecule has 2 atom stereocenters. The Morgan fingerprint density at radius 1 is 1.29 bits per heavy atom. The molecule has 0 N–H and O–H groups in total. The molecular formula is C12H31NO2Si2. The van der Waals surface area contributed by atoms with Crippen LogP contribution in [0.5, 0.6) is 0 Å². The van der Waals surface area contributed by atoms with Crippen LogP contribution in [0.1, 0.15) is 34.6 Å². The molecule has 0 saturated heterocycles. The van der Waals surface area contributed by atoms with Crippen molar-refractivity contribution in [3.63, 3.8) is 0 Å². The second-order valence-corrected chi connectivity index (χ2v) is 12.5. The highest BCUT2D eigenvalue weighted by molar-refractivity contribution is 6.65. The predicted octanol–water partition coefficient (Wildman–Crippen LogP) is 2.75. The number of nitrogens with zero attached hydrogens (tertiary/aromatic N) is 1. The Hall–Kier alpha value is 0.314. The van der Waals surface area contributed by atoms with Gasteiger partial charge in [0.2, 0.25) is 0 Å². The van der Waals surface area contributed by atoms with Crippen LogP contribution in [0.3, 0.4) is 0 Å². The molecule has 0 bridgehead atoms. The maximum absolute atomic E-state index is 6.33. The van der Waals surface area contributed by atoms with Gasteiger partial charge in [-0.05, 0) is 48.2 Å². The van der Waals surface area contributed by atoms with Crippen LogP contribution < -0.4 is 0 Å². The fourth-order valence-corrected chi connectivity index (χ4v) is 6.28. The molecule has 104 valence electrons. The summed E-state index contributed by atoms with van der Waals surface area (Å²) < 4.78 is 14.6. The highest BCUT2D eigenvalue weighted by Gasteiger charge is 2.44. The monoisotopic (exact) mass is 277 g/mol. The van der Waals surface area contributed by atoms with Crippen molar-refractivity contribution in [3.05, 3.63) is 0 Å². The van der Waals surface area contributed by atoms with Crippen molar-refractivity contribution >= 4 is 17.5 Å². The van der Waals surface area contributed by atoms with Crippen molar-refractivity contribution in [1.29, 1.82) is 0 Å². The third-order valence-electron chi connectivity index (χ3n) is 3.37. The lowest BCUT2D eigenvalue weighted by Crippen LogP contribution is -2.63. The molecule has 0 amide bonds. The van der Waals surface area contributed by atoms with Gasteiger partial charge >= 0.3 is 8.72 Å². The summed E-state index contributed by atoms with van der Waals surface area (Å²) >= 11 is 0. The molecule has 0 aromatic carbocycles. The van der Waals surface area contributed by atoms with E-state index in [9.17, 15) is 0 Å². The van der Waals surface area contributed by atoms with Gasteiger partial charge in [-0.1, -0.05) is 13.1 Å². The topological polar surface area (TPSA) is 21.7 Å². The van der Waals surface area contributed by atoms with Crippen LogP contribution in [0.2, 0.25) is 19.6 Å². The first kappa shape index (κ1) is 17.3. The molecule has 3 nitrogen and oxygen atoms in total. The molecule has 0 saturated carbocycles. The molecule has 17 heavy (non-hydrogen) atoms. The first-order valence-electron chi connectivity index (χ1n) is 6.60. The van der Waals surface area contributed by atoms with E-state index in [4.69, 9.17) is 8.85 Å². The van der Waals surface area contributed by atoms with Gasteiger partial charge in [-0.15, -0.1) is 0 Å². The molecule has 0 spiro atoms. The molecule has 5 heteroatoms. The Labute approximate surface area is 110 Å². The fraction of sp³-hybridized carbons (Fsp3) is 1.00. The summed E-state index contributed by atoms with van der Waals surface area (Å²) in [6, 6.07) is 0. The van der Waals surface area contributed by atoms with Crippen molar-refractivity contribution in [1.82, 2.24) is 4.57 Å². The van der Waals surface area contributed by atoms with Crippen LogP contribution in [0.25, 0.3) is 0 Å². The Morgan fingerprint density at radius 2 is 1.76 bits per heavy atom. The zero-order chi connectivity index (χ0) is 13.9. The third-order valence-corrected chi connectivity index (χ3v) is 9.18. The van der Waals surface area contributed by atoms with E-state index in [0.717, 1.165) is 6.61 Å². The van der Waals surface area contributed by atoms with Crippen molar-refractivity contribution in [2.24, 2.45) is 0 Å². The lowest BCUT2D eigenvalue weighted by Gasteiger charge is -2.44. The van der Waals surface area contributed by atoms with Crippen LogP contribution in [-0.2, 0) is 8.85 Å². The molecule has 0 aliphatic heterocycles. The summed E-state index contributed by atoms with van der Waals surface area (Å²) in [5, 5.41) is 0. The van der Waals surface area contributed by atoms with E-state index >= 15 is 0 Å². The molecule has 0 radical (unpaired) electrons. The standard InChI is InChI=1S/C12H31NO2Si2/c1-10-14-17(9,13(6)12(3,4)5)15-11(2)16(7)8/h11,16H,10H2,1-9H3. The molecule has 0 aliphatic carbocycles. The van der Waals surface area contributed by atoms with Gasteiger partial charge in [-0.3, -0.25) is 4.57 Å². The predicted molar refractivity (Wildman–Crippen MR) is 80.2 cm³/mol. The summed E-state index contributed by atoms with van der Waals surface area (Å²) in [5.41, 5.74) is 0.442. The molecule has 0 aromatic rings. The third kappa shape index (κ3) is 5.22. The van der Waals surface area contributed by atoms with E-state index in [2.05, 4.69) is 58.9 Å². The molecule has 2 unspecified atom stereocenters. The van der Waals surface area contributed by atoms with Gasteiger partial charge in [0.25, 0.3) is 0 Å². The van der Waals surface area contributed by atoms with Crippen LogP contribution in [0, 0.1) is 0 Å². The Balaban J connectivity index is 4.90. The van der Waals surface area contributed by atoms with E-state index < -0.39 is 17.5 Å². The lowest BCUT2D eigenvalue weighted by atomic mass is 10.1. The molecule has 0 fully saturated rings. The summed E-state index contributed by atoms with van der Waals surface area (Å²) in [4.78, 5) is 0. The van der Waals surface area contributed by atoms with E-state index in [-0.39, 0.29) is 5.54 Å². The van der Waals surface area contributed by atoms with Crippen molar-refractivity contribution in [2.45, 2.75) is 65.5 Å².